The van der Waals surface area contributed by atoms with Crippen LogP contribution in [0.1, 0.15) is 37.2 Å². The summed E-state index contributed by atoms with van der Waals surface area (Å²) in [6.07, 6.45) is 3.19. The van der Waals surface area contributed by atoms with Crippen molar-refractivity contribution < 1.29 is 4.79 Å². The number of rotatable bonds is 5. The number of aryl methyl sites for hydroxylation is 2. The van der Waals surface area contributed by atoms with Crippen LogP contribution in [-0.2, 0) is 4.79 Å². The number of aromatic nitrogens is 2. The first kappa shape index (κ1) is 21.9. The maximum Gasteiger partial charge on any atom is 0.220 e. The summed E-state index contributed by atoms with van der Waals surface area (Å²) in [6, 6.07) is 2.29. The van der Waals surface area contributed by atoms with Crippen LogP contribution in [0, 0.1) is 13.8 Å². The van der Waals surface area contributed by atoms with Crippen LogP contribution < -0.4 is 16.0 Å². The van der Waals surface area contributed by atoms with Gasteiger partial charge in [0, 0.05) is 37.3 Å². The van der Waals surface area contributed by atoms with Crippen molar-refractivity contribution in [3.63, 3.8) is 0 Å². The van der Waals surface area contributed by atoms with Crippen molar-refractivity contribution in [2.75, 3.05) is 24.5 Å². The normalized spacial score (nSPS) is 14.7. The predicted molar refractivity (Wildman–Crippen MR) is 97.7 cm³/mol. The summed E-state index contributed by atoms with van der Waals surface area (Å²) in [4.78, 5) is 22.8. The molecule has 6 nitrogen and oxygen atoms in total. The molecule has 8 heteroatoms. The highest BCUT2D eigenvalue weighted by molar-refractivity contribution is 5.85. The van der Waals surface area contributed by atoms with Crippen LogP contribution in [0.2, 0.25) is 0 Å². The molecular formula is C15H27Cl2N5O. The average molecular weight is 364 g/mol. The van der Waals surface area contributed by atoms with Gasteiger partial charge < -0.3 is 16.0 Å². The van der Waals surface area contributed by atoms with Gasteiger partial charge in [0.1, 0.15) is 11.6 Å². The van der Waals surface area contributed by atoms with Gasteiger partial charge in [0.05, 0.1) is 0 Å². The molecule has 0 aromatic carbocycles. The first-order valence-corrected chi connectivity index (χ1v) is 7.65. The highest BCUT2D eigenvalue weighted by Gasteiger charge is 2.21. The van der Waals surface area contributed by atoms with Gasteiger partial charge in [0.2, 0.25) is 5.91 Å². The minimum absolute atomic E-state index is 0. The molecule has 0 bridgehead atoms. The van der Waals surface area contributed by atoms with E-state index in [-0.39, 0.29) is 36.8 Å². The Morgan fingerprint density at radius 1 is 1.30 bits per heavy atom. The van der Waals surface area contributed by atoms with Crippen molar-refractivity contribution in [1.29, 1.82) is 0 Å². The Bertz CT molecular complexity index is 473. The Balaban J connectivity index is 0.00000242. The molecule has 1 saturated heterocycles. The van der Waals surface area contributed by atoms with Crippen molar-refractivity contribution >= 4 is 36.5 Å². The van der Waals surface area contributed by atoms with Gasteiger partial charge >= 0.3 is 0 Å². The molecule has 2 rings (SSSR count). The van der Waals surface area contributed by atoms with E-state index >= 15 is 0 Å². The quantitative estimate of drug-likeness (QED) is 0.832. The van der Waals surface area contributed by atoms with Crippen LogP contribution in [0.4, 0.5) is 5.82 Å². The Labute approximate surface area is 150 Å². The smallest absolute Gasteiger partial charge is 0.220 e. The first-order valence-electron chi connectivity index (χ1n) is 7.65. The standard InChI is InChI=1S/C15H25N5O.2ClH/c1-11-10-14(18-12(2)17-11)20-8-5-13(6-9-20)19-15(21)4-3-7-16;;/h10,13H,3-9,16H2,1-2H3,(H,19,21);2*1H. The first-order chi connectivity index (χ1) is 10.1. The number of hydrogen-bond acceptors (Lipinski definition) is 5. The number of anilines is 1. The number of halogens is 2. The highest BCUT2D eigenvalue weighted by atomic mass is 35.5. The van der Waals surface area contributed by atoms with Gasteiger partial charge in [-0.05, 0) is 39.7 Å². The van der Waals surface area contributed by atoms with Crippen molar-refractivity contribution in [3.05, 3.63) is 17.6 Å². The zero-order valence-corrected chi connectivity index (χ0v) is 15.4. The maximum absolute atomic E-state index is 11.7. The van der Waals surface area contributed by atoms with E-state index in [0.717, 1.165) is 49.7 Å². The van der Waals surface area contributed by atoms with Gasteiger partial charge in [-0.2, -0.15) is 0 Å². The molecule has 1 aromatic rings. The van der Waals surface area contributed by atoms with Crippen LogP contribution in [0.3, 0.4) is 0 Å². The van der Waals surface area contributed by atoms with Crippen molar-refractivity contribution in [2.45, 2.75) is 45.6 Å². The van der Waals surface area contributed by atoms with Gasteiger partial charge in [0.15, 0.2) is 0 Å². The van der Waals surface area contributed by atoms with Gasteiger partial charge in [-0.25, -0.2) is 9.97 Å². The van der Waals surface area contributed by atoms with E-state index in [1.807, 2.05) is 19.9 Å². The van der Waals surface area contributed by atoms with Gasteiger partial charge in [-0.3, -0.25) is 4.79 Å². The van der Waals surface area contributed by atoms with Gasteiger partial charge in [-0.15, -0.1) is 24.8 Å². The Hall–Kier alpha value is -1.11. The summed E-state index contributed by atoms with van der Waals surface area (Å²) < 4.78 is 0. The molecule has 0 saturated carbocycles. The van der Waals surface area contributed by atoms with E-state index in [0.29, 0.717) is 13.0 Å². The molecule has 1 aromatic heterocycles. The number of piperidine rings is 1. The zero-order valence-electron chi connectivity index (χ0n) is 13.7. The largest absolute Gasteiger partial charge is 0.356 e. The number of carbonyl (C=O) groups excluding carboxylic acids is 1. The molecule has 3 N–H and O–H groups in total. The second-order valence-electron chi connectivity index (χ2n) is 5.64. The molecule has 23 heavy (non-hydrogen) atoms. The van der Waals surface area contributed by atoms with E-state index in [2.05, 4.69) is 20.2 Å². The lowest BCUT2D eigenvalue weighted by atomic mass is 10.0. The van der Waals surface area contributed by atoms with E-state index in [1.165, 1.54) is 0 Å². The molecule has 0 radical (unpaired) electrons. The van der Waals surface area contributed by atoms with Gasteiger partial charge in [-0.1, -0.05) is 0 Å². The minimum atomic E-state index is 0. The highest BCUT2D eigenvalue weighted by Crippen LogP contribution is 2.18. The summed E-state index contributed by atoms with van der Waals surface area (Å²) in [7, 11) is 0. The molecule has 1 amide bonds. The summed E-state index contributed by atoms with van der Waals surface area (Å²) in [5.74, 6) is 1.92. The van der Waals surface area contributed by atoms with Crippen molar-refractivity contribution in [2.24, 2.45) is 5.73 Å². The molecule has 2 heterocycles. The number of nitrogens with one attached hydrogen (secondary N) is 1. The van der Waals surface area contributed by atoms with Crippen LogP contribution >= 0.6 is 24.8 Å². The third-order valence-corrected chi connectivity index (χ3v) is 3.74. The molecule has 1 aliphatic rings. The lowest BCUT2D eigenvalue weighted by Crippen LogP contribution is -2.45. The fraction of sp³-hybridized carbons (Fsp3) is 0.667. The molecule has 0 aliphatic carbocycles. The van der Waals surface area contributed by atoms with Crippen LogP contribution in [-0.4, -0.2) is 41.6 Å². The molecule has 0 spiro atoms. The second-order valence-corrected chi connectivity index (χ2v) is 5.64. The topological polar surface area (TPSA) is 84.1 Å². The molecular weight excluding hydrogens is 337 g/mol. The van der Waals surface area contributed by atoms with Gasteiger partial charge in [0.25, 0.3) is 0 Å². The second kappa shape index (κ2) is 10.6. The third-order valence-electron chi connectivity index (χ3n) is 3.74. The van der Waals surface area contributed by atoms with Crippen molar-refractivity contribution in [3.8, 4) is 0 Å². The third kappa shape index (κ3) is 6.89. The molecule has 0 atom stereocenters. The summed E-state index contributed by atoms with van der Waals surface area (Å²) in [5.41, 5.74) is 6.41. The fourth-order valence-electron chi connectivity index (χ4n) is 2.67. The van der Waals surface area contributed by atoms with Crippen LogP contribution in [0.15, 0.2) is 6.07 Å². The van der Waals surface area contributed by atoms with Crippen LogP contribution in [0.25, 0.3) is 0 Å². The number of carbonyl (C=O) groups is 1. The maximum atomic E-state index is 11.7. The zero-order chi connectivity index (χ0) is 15.2. The van der Waals surface area contributed by atoms with E-state index in [4.69, 9.17) is 5.73 Å². The number of hydrogen-bond donors (Lipinski definition) is 2. The fourth-order valence-corrected chi connectivity index (χ4v) is 2.67. The summed E-state index contributed by atoms with van der Waals surface area (Å²) >= 11 is 0. The average Bonchev–Trinajstić information content (AvgIpc) is 2.45. The number of nitrogens with zero attached hydrogens (tertiary/aromatic N) is 3. The summed E-state index contributed by atoms with van der Waals surface area (Å²) in [5, 5.41) is 3.09. The molecule has 1 aliphatic heterocycles. The monoisotopic (exact) mass is 363 g/mol. The van der Waals surface area contributed by atoms with Crippen molar-refractivity contribution in [1.82, 2.24) is 15.3 Å². The predicted octanol–water partition coefficient (Wildman–Crippen LogP) is 1.76. The van der Waals surface area contributed by atoms with E-state index in [9.17, 15) is 4.79 Å². The number of amides is 1. The minimum Gasteiger partial charge on any atom is -0.356 e. The Kier molecular flexibility index (Phi) is 10.1. The van der Waals surface area contributed by atoms with Crippen LogP contribution in [0.5, 0.6) is 0 Å². The SMILES string of the molecule is Cc1cc(N2CCC(NC(=O)CCCN)CC2)nc(C)n1.Cl.Cl. The lowest BCUT2D eigenvalue weighted by Gasteiger charge is -2.33. The summed E-state index contributed by atoms with van der Waals surface area (Å²) in [6.45, 7) is 6.30. The Morgan fingerprint density at radius 3 is 2.52 bits per heavy atom. The molecule has 1 fully saturated rings. The lowest BCUT2D eigenvalue weighted by molar-refractivity contribution is -0.122. The molecule has 0 unspecified atom stereocenters. The van der Waals surface area contributed by atoms with E-state index < -0.39 is 0 Å². The Morgan fingerprint density at radius 2 is 1.96 bits per heavy atom. The molecule has 132 valence electrons. The van der Waals surface area contributed by atoms with E-state index in [1.54, 1.807) is 0 Å². The number of nitrogens with two attached hydrogens (primary N) is 1.